The van der Waals surface area contributed by atoms with E-state index in [1.165, 1.54) is 0 Å². The monoisotopic (exact) mass is 395 g/mol. The molecule has 6 nitrogen and oxygen atoms in total. The smallest absolute Gasteiger partial charge is 0.331 e. The minimum Gasteiger partial charge on any atom is -0.331 e. The summed E-state index contributed by atoms with van der Waals surface area (Å²) in [6.45, 7) is 0.373. The van der Waals surface area contributed by atoms with E-state index in [9.17, 15) is 9.59 Å². The fourth-order valence-electron chi connectivity index (χ4n) is 2.50. The third kappa shape index (κ3) is 5.62. The molecule has 0 aliphatic heterocycles. The van der Waals surface area contributed by atoms with Gasteiger partial charge in [-0.1, -0.05) is 59.2 Å². The number of carbonyl (C=O) groups is 2. The van der Waals surface area contributed by atoms with Crippen LogP contribution in [-0.4, -0.2) is 27.0 Å². The highest BCUT2D eigenvalue weighted by Crippen LogP contribution is 2.12. The number of halogens is 1. The van der Waals surface area contributed by atoms with Gasteiger partial charge < -0.3 is 9.40 Å². The predicted molar refractivity (Wildman–Crippen MR) is 106 cm³/mol. The van der Waals surface area contributed by atoms with Crippen LogP contribution in [0.4, 0.5) is 0 Å². The Morgan fingerprint density at radius 2 is 1.75 bits per heavy atom. The molecule has 2 aromatic carbocycles. The molecule has 0 atom stereocenters. The zero-order valence-electron chi connectivity index (χ0n) is 15.0. The van der Waals surface area contributed by atoms with Crippen molar-refractivity contribution < 1.29 is 14.4 Å². The van der Waals surface area contributed by atoms with Crippen LogP contribution in [0.2, 0.25) is 5.02 Å². The normalized spacial score (nSPS) is 11.2. The SMILES string of the molecule is O=C(CCC(=O)c1ccccc1)O/N=C(\Cn1ccnc1)c1ccc(Cl)cc1. The van der Waals surface area contributed by atoms with Gasteiger partial charge in [-0.05, 0) is 12.1 Å². The van der Waals surface area contributed by atoms with E-state index in [1.807, 2.05) is 6.07 Å². The van der Waals surface area contributed by atoms with Gasteiger partial charge in [0.25, 0.3) is 0 Å². The van der Waals surface area contributed by atoms with E-state index in [2.05, 4.69) is 10.1 Å². The lowest BCUT2D eigenvalue weighted by Gasteiger charge is -2.07. The number of imidazole rings is 1. The Bertz CT molecular complexity index is 952. The molecule has 1 aromatic heterocycles. The molecular weight excluding hydrogens is 378 g/mol. The molecule has 1 heterocycles. The summed E-state index contributed by atoms with van der Waals surface area (Å²) in [4.78, 5) is 33.2. The summed E-state index contributed by atoms with van der Waals surface area (Å²) in [6.07, 6.45) is 5.10. The number of ketones is 1. The first kappa shape index (κ1) is 19.5. The quantitative estimate of drug-likeness (QED) is 0.248. The van der Waals surface area contributed by atoms with Crippen LogP contribution in [-0.2, 0) is 16.2 Å². The molecule has 7 heteroatoms. The molecule has 0 aliphatic rings. The van der Waals surface area contributed by atoms with Crippen molar-refractivity contribution in [1.82, 2.24) is 9.55 Å². The molecule has 0 amide bonds. The van der Waals surface area contributed by atoms with E-state index in [0.29, 0.717) is 22.8 Å². The van der Waals surface area contributed by atoms with Gasteiger partial charge in [-0.15, -0.1) is 0 Å². The molecule has 0 fully saturated rings. The Balaban J connectivity index is 1.64. The minimum absolute atomic E-state index is 0.0454. The molecule has 0 radical (unpaired) electrons. The number of aromatic nitrogens is 2. The van der Waals surface area contributed by atoms with Gasteiger partial charge in [-0.25, -0.2) is 9.78 Å². The summed E-state index contributed by atoms with van der Waals surface area (Å²) in [6, 6.07) is 15.9. The van der Waals surface area contributed by atoms with Crippen molar-refractivity contribution in [2.24, 2.45) is 5.16 Å². The number of oxime groups is 1. The largest absolute Gasteiger partial charge is 0.335 e. The van der Waals surface area contributed by atoms with Crippen molar-refractivity contribution >= 4 is 29.1 Å². The van der Waals surface area contributed by atoms with E-state index in [-0.39, 0.29) is 18.6 Å². The van der Waals surface area contributed by atoms with Gasteiger partial charge in [0.1, 0.15) is 5.71 Å². The van der Waals surface area contributed by atoms with Crippen LogP contribution in [0.25, 0.3) is 0 Å². The van der Waals surface area contributed by atoms with E-state index in [4.69, 9.17) is 16.4 Å². The first-order valence-electron chi connectivity index (χ1n) is 8.68. The Morgan fingerprint density at radius 1 is 1.00 bits per heavy atom. The Labute approximate surface area is 167 Å². The van der Waals surface area contributed by atoms with Crippen molar-refractivity contribution in [2.45, 2.75) is 19.4 Å². The second-order valence-electron chi connectivity index (χ2n) is 6.03. The summed E-state index contributed by atoms with van der Waals surface area (Å²) in [7, 11) is 0. The highest BCUT2D eigenvalue weighted by atomic mass is 35.5. The highest BCUT2D eigenvalue weighted by Gasteiger charge is 2.12. The maximum absolute atomic E-state index is 12.1. The van der Waals surface area contributed by atoms with Crippen LogP contribution in [0, 0.1) is 0 Å². The van der Waals surface area contributed by atoms with E-state index in [1.54, 1.807) is 71.8 Å². The van der Waals surface area contributed by atoms with Gasteiger partial charge in [-0.3, -0.25) is 4.79 Å². The molecule has 0 unspecified atom stereocenters. The highest BCUT2D eigenvalue weighted by molar-refractivity contribution is 6.30. The average Bonchev–Trinajstić information content (AvgIpc) is 3.24. The summed E-state index contributed by atoms with van der Waals surface area (Å²) in [5, 5.41) is 4.61. The van der Waals surface area contributed by atoms with Crippen molar-refractivity contribution in [3.8, 4) is 0 Å². The van der Waals surface area contributed by atoms with Gasteiger partial charge in [0.15, 0.2) is 5.78 Å². The third-order valence-corrected chi connectivity index (χ3v) is 4.23. The first-order valence-corrected chi connectivity index (χ1v) is 9.06. The summed E-state index contributed by atoms with van der Waals surface area (Å²) in [5.41, 5.74) is 1.88. The second kappa shape index (κ2) is 9.62. The summed E-state index contributed by atoms with van der Waals surface area (Å²) >= 11 is 5.94. The molecule has 28 heavy (non-hydrogen) atoms. The maximum atomic E-state index is 12.1. The van der Waals surface area contributed by atoms with Gasteiger partial charge in [0.2, 0.25) is 0 Å². The third-order valence-electron chi connectivity index (χ3n) is 3.98. The number of carbonyl (C=O) groups excluding carboxylic acids is 2. The number of hydrogen-bond donors (Lipinski definition) is 0. The van der Waals surface area contributed by atoms with Gasteiger partial charge in [-0.2, -0.15) is 0 Å². The van der Waals surface area contributed by atoms with E-state index in [0.717, 1.165) is 5.56 Å². The standard InChI is InChI=1S/C21H18ClN3O3/c22-18-8-6-16(7-9-18)19(14-25-13-12-23-15-25)24-28-21(27)11-10-20(26)17-4-2-1-3-5-17/h1-9,12-13,15H,10-11,14H2/b24-19+. The minimum atomic E-state index is -0.568. The van der Waals surface area contributed by atoms with Crippen LogP contribution >= 0.6 is 11.6 Å². The van der Waals surface area contributed by atoms with Gasteiger partial charge >= 0.3 is 5.97 Å². The maximum Gasteiger partial charge on any atom is 0.335 e. The molecule has 3 rings (SSSR count). The van der Waals surface area contributed by atoms with E-state index >= 15 is 0 Å². The van der Waals surface area contributed by atoms with Crippen molar-refractivity contribution in [3.63, 3.8) is 0 Å². The Morgan fingerprint density at radius 3 is 2.43 bits per heavy atom. The van der Waals surface area contributed by atoms with Crippen molar-refractivity contribution in [1.29, 1.82) is 0 Å². The Hall–Kier alpha value is -3.25. The van der Waals surface area contributed by atoms with Crippen LogP contribution in [0.5, 0.6) is 0 Å². The van der Waals surface area contributed by atoms with Crippen LogP contribution in [0.15, 0.2) is 78.5 Å². The first-order chi connectivity index (χ1) is 13.6. The van der Waals surface area contributed by atoms with E-state index < -0.39 is 5.97 Å². The molecule has 142 valence electrons. The van der Waals surface area contributed by atoms with Gasteiger partial charge in [0.05, 0.1) is 19.3 Å². The summed E-state index contributed by atoms with van der Waals surface area (Å²) in [5.74, 6) is -0.681. The zero-order valence-corrected chi connectivity index (χ0v) is 15.7. The number of benzene rings is 2. The van der Waals surface area contributed by atoms with Gasteiger partial charge in [0, 0.05) is 35.0 Å². The van der Waals surface area contributed by atoms with Crippen LogP contribution < -0.4 is 0 Å². The zero-order chi connectivity index (χ0) is 19.8. The summed E-state index contributed by atoms with van der Waals surface area (Å²) < 4.78 is 1.81. The molecule has 0 saturated heterocycles. The molecule has 3 aromatic rings. The second-order valence-corrected chi connectivity index (χ2v) is 6.47. The molecule has 0 spiro atoms. The van der Waals surface area contributed by atoms with Crippen LogP contribution in [0.3, 0.4) is 0 Å². The molecule has 0 aliphatic carbocycles. The number of hydrogen-bond acceptors (Lipinski definition) is 5. The number of nitrogens with zero attached hydrogens (tertiary/aromatic N) is 3. The lowest BCUT2D eigenvalue weighted by atomic mass is 10.1. The Kier molecular flexibility index (Phi) is 6.70. The molecule has 0 bridgehead atoms. The van der Waals surface area contributed by atoms with Crippen molar-refractivity contribution in [2.75, 3.05) is 0 Å². The fraction of sp³-hybridized carbons (Fsp3) is 0.143. The molecule has 0 N–H and O–H groups in total. The van der Waals surface area contributed by atoms with Crippen molar-refractivity contribution in [3.05, 3.63) is 89.5 Å². The lowest BCUT2D eigenvalue weighted by Crippen LogP contribution is -2.13. The predicted octanol–water partition coefficient (Wildman–Crippen LogP) is 4.15. The molecular formula is C21H18ClN3O3. The fourth-order valence-corrected chi connectivity index (χ4v) is 2.63. The molecule has 0 saturated carbocycles. The van der Waals surface area contributed by atoms with Crippen LogP contribution in [0.1, 0.15) is 28.8 Å². The lowest BCUT2D eigenvalue weighted by molar-refractivity contribution is -0.143. The topological polar surface area (TPSA) is 73.6 Å². The number of Topliss-reactive ketones (excluding diaryl/α,β-unsaturated/α-hetero) is 1. The average molecular weight is 396 g/mol. The number of rotatable bonds is 8.